The Morgan fingerprint density at radius 3 is 2.83 bits per heavy atom. The molecule has 118 valence electrons. The number of para-hydroxylation sites is 1. The number of nitrogen functional groups attached to an aromatic ring is 1. The zero-order valence-electron chi connectivity index (χ0n) is 13.0. The van der Waals surface area contributed by atoms with Gasteiger partial charge in [-0.25, -0.2) is 15.0 Å². The molecule has 0 saturated carbocycles. The molecule has 0 unspecified atom stereocenters. The molecule has 4 rings (SSSR count). The first-order chi connectivity index (χ1) is 11.7. The van der Waals surface area contributed by atoms with E-state index in [1.807, 2.05) is 42.6 Å². The monoisotopic (exact) mass is 316 g/mol. The summed E-state index contributed by atoms with van der Waals surface area (Å²) in [7, 11) is 0. The van der Waals surface area contributed by atoms with Crippen molar-refractivity contribution in [1.82, 2.24) is 15.0 Å². The van der Waals surface area contributed by atoms with Gasteiger partial charge in [-0.2, -0.15) is 0 Å². The van der Waals surface area contributed by atoms with Crippen molar-refractivity contribution in [3.8, 4) is 0 Å². The van der Waals surface area contributed by atoms with Crippen molar-refractivity contribution < 1.29 is 0 Å². The number of pyridine rings is 1. The van der Waals surface area contributed by atoms with Gasteiger partial charge in [0, 0.05) is 41.3 Å². The SMILES string of the molecule is N=C(c1ccnc(N2Cc3cncnc3C2)c1)c1ccccc1N. The highest BCUT2D eigenvalue weighted by molar-refractivity contribution is 6.14. The largest absolute Gasteiger partial charge is 0.398 e. The highest BCUT2D eigenvalue weighted by Crippen LogP contribution is 2.26. The lowest BCUT2D eigenvalue weighted by Gasteiger charge is -2.17. The summed E-state index contributed by atoms with van der Waals surface area (Å²) >= 11 is 0. The van der Waals surface area contributed by atoms with Crippen molar-refractivity contribution in [2.45, 2.75) is 13.1 Å². The van der Waals surface area contributed by atoms with E-state index in [2.05, 4.69) is 19.9 Å². The maximum atomic E-state index is 8.46. The lowest BCUT2D eigenvalue weighted by atomic mass is 10.0. The van der Waals surface area contributed by atoms with Gasteiger partial charge < -0.3 is 10.6 Å². The fourth-order valence-electron chi connectivity index (χ4n) is 2.89. The topological polar surface area (TPSA) is 91.8 Å². The highest BCUT2D eigenvalue weighted by Gasteiger charge is 2.22. The number of nitrogens with two attached hydrogens (primary N) is 1. The van der Waals surface area contributed by atoms with Gasteiger partial charge in [-0.05, 0) is 18.2 Å². The molecule has 0 fully saturated rings. The third-order valence-electron chi connectivity index (χ3n) is 4.17. The van der Waals surface area contributed by atoms with Crippen LogP contribution in [0.4, 0.5) is 11.5 Å². The first-order valence-electron chi connectivity index (χ1n) is 7.65. The number of nitrogens with one attached hydrogen (secondary N) is 1. The smallest absolute Gasteiger partial charge is 0.129 e. The Morgan fingerprint density at radius 2 is 2.00 bits per heavy atom. The predicted molar refractivity (Wildman–Crippen MR) is 92.9 cm³/mol. The quantitative estimate of drug-likeness (QED) is 0.572. The molecule has 3 aromatic rings. The van der Waals surface area contributed by atoms with Gasteiger partial charge in [-0.15, -0.1) is 0 Å². The van der Waals surface area contributed by atoms with Gasteiger partial charge in [0.1, 0.15) is 12.1 Å². The Bertz CT molecular complexity index is 896. The zero-order chi connectivity index (χ0) is 16.5. The average molecular weight is 316 g/mol. The number of anilines is 2. The molecule has 0 aliphatic carbocycles. The maximum absolute atomic E-state index is 8.46. The number of fused-ring (bicyclic) bond motifs is 1. The predicted octanol–water partition coefficient (Wildman–Crippen LogP) is 2.39. The molecule has 2 aromatic heterocycles. The molecule has 0 atom stereocenters. The highest BCUT2D eigenvalue weighted by atomic mass is 15.2. The first-order valence-corrected chi connectivity index (χ1v) is 7.65. The Kier molecular flexibility index (Phi) is 3.42. The third kappa shape index (κ3) is 2.48. The average Bonchev–Trinajstić information content (AvgIpc) is 3.06. The van der Waals surface area contributed by atoms with Gasteiger partial charge in [-0.3, -0.25) is 5.41 Å². The molecular formula is C18H16N6. The van der Waals surface area contributed by atoms with E-state index < -0.39 is 0 Å². The van der Waals surface area contributed by atoms with Gasteiger partial charge in [0.05, 0.1) is 18.0 Å². The molecule has 0 spiro atoms. The fourth-order valence-corrected chi connectivity index (χ4v) is 2.89. The molecule has 6 heteroatoms. The number of nitrogens with zero attached hydrogens (tertiary/aromatic N) is 4. The van der Waals surface area contributed by atoms with Gasteiger partial charge in [0.25, 0.3) is 0 Å². The number of aromatic nitrogens is 3. The van der Waals surface area contributed by atoms with Crippen LogP contribution in [0.25, 0.3) is 0 Å². The third-order valence-corrected chi connectivity index (χ3v) is 4.17. The molecule has 24 heavy (non-hydrogen) atoms. The normalized spacial score (nSPS) is 12.9. The van der Waals surface area contributed by atoms with Crippen LogP contribution in [0.1, 0.15) is 22.4 Å². The van der Waals surface area contributed by atoms with Gasteiger partial charge in [0.15, 0.2) is 0 Å². The van der Waals surface area contributed by atoms with E-state index in [9.17, 15) is 0 Å². The molecular weight excluding hydrogens is 300 g/mol. The molecule has 3 N–H and O–H groups in total. The van der Waals surface area contributed by atoms with Crippen LogP contribution in [0.15, 0.2) is 55.1 Å². The van der Waals surface area contributed by atoms with E-state index in [1.165, 1.54) is 0 Å². The summed E-state index contributed by atoms with van der Waals surface area (Å²) in [5, 5.41) is 8.46. The van der Waals surface area contributed by atoms with Gasteiger partial charge >= 0.3 is 0 Å². The second-order valence-electron chi connectivity index (χ2n) is 5.72. The van der Waals surface area contributed by atoms with Crippen LogP contribution < -0.4 is 10.6 Å². The molecule has 6 nitrogen and oxygen atoms in total. The van der Waals surface area contributed by atoms with Crippen molar-refractivity contribution >= 4 is 17.2 Å². The second kappa shape index (κ2) is 5.73. The summed E-state index contributed by atoms with van der Waals surface area (Å²) in [6.07, 6.45) is 5.14. The summed E-state index contributed by atoms with van der Waals surface area (Å²) in [5.74, 6) is 0.824. The Balaban J connectivity index is 1.64. The van der Waals surface area contributed by atoms with Crippen LogP contribution in [0.5, 0.6) is 0 Å². The minimum atomic E-state index is 0.397. The van der Waals surface area contributed by atoms with E-state index in [-0.39, 0.29) is 0 Å². The summed E-state index contributed by atoms with van der Waals surface area (Å²) in [6, 6.07) is 11.2. The summed E-state index contributed by atoms with van der Waals surface area (Å²) in [4.78, 5) is 15.0. The second-order valence-corrected chi connectivity index (χ2v) is 5.72. The number of rotatable bonds is 3. The van der Waals surface area contributed by atoms with E-state index in [0.29, 0.717) is 17.9 Å². The standard InChI is InChI=1S/C18H16N6/c19-15-4-2-1-3-14(15)18(20)12-5-6-22-17(7-12)24-9-13-8-21-11-23-16(13)10-24/h1-8,11,20H,9-10,19H2. The van der Waals surface area contributed by atoms with Crippen LogP contribution in [0.2, 0.25) is 0 Å². The zero-order valence-corrected chi connectivity index (χ0v) is 13.0. The molecule has 0 bridgehead atoms. The number of hydrogen-bond acceptors (Lipinski definition) is 6. The molecule has 0 amide bonds. The Labute approximate surface area is 139 Å². The van der Waals surface area contributed by atoms with Crippen LogP contribution in [0, 0.1) is 5.41 Å². The van der Waals surface area contributed by atoms with Crippen LogP contribution >= 0.6 is 0 Å². The van der Waals surface area contributed by atoms with E-state index >= 15 is 0 Å². The lowest BCUT2D eigenvalue weighted by Crippen LogP contribution is -2.17. The first kappa shape index (κ1) is 14.3. The molecule has 1 aromatic carbocycles. The van der Waals surface area contributed by atoms with E-state index in [0.717, 1.165) is 34.7 Å². The number of hydrogen-bond donors (Lipinski definition) is 2. The van der Waals surface area contributed by atoms with Crippen molar-refractivity contribution in [3.05, 3.63) is 77.5 Å². The van der Waals surface area contributed by atoms with Crippen LogP contribution in [-0.4, -0.2) is 20.7 Å². The van der Waals surface area contributed by atoms with E-state index in [4.69, 9.17) is 11.1 Å². The van der Waals surface area contributed by atoms with Gasteiger partial charge in [-0.1, -0.05) is 18.2 Å². The van der Waals surface area contributed by atoms with Gasteiger partial charge in [0.2, 0.25) is 0 Å². The van der Waals surface area contributed by atoms with Crippen molar-refractivity contribution in [1.29, 1.82) is 5.41 Å². The molecule has 1 aliphatic heterocycles. The fraction of sp³-hybridized carbons (Fsp3) is 0.111. The number of benzene rings is 1. The Hall–Kier alpha value is -3.28. The molecule has 1 aliphatic rings. The summed E-state index contributed by atoms with van der Waals surface area (Å²) < 4.78 is 0. The molecule has 0 radical (unpaired) electrons. The Morgan fingerprint density at radius 1 is 1.12 bits per heavy atom. The van der Waals surface area contributed by atoms with Crippen molar-refractivity contribution in [2.24, 2.45) is 0 Å². The van der Waals surface area contributed by atoms with Crippen molar-refractivity contribution in [3.63, 3.8) is 0 Å². The van der Waals surface area contributed by atoms with E-state index in [1.54, 1.807) is 12.5 Å². The lowest BCUT2D eigenvalue weighted by molar-refractivity contribution is 0.848. The van der Waals surface area contributed by atoms with Crippen LogP contribution in [-0.2, 0) is 13.1 Å². The minimum Gasteiger partial charge on any atom is -0.398 e. The van der Waals surface area contributed by atoms with Crippen molar-refractivity contribution in [2.75, 3.05) is 10.6 Å². The minimum absolute atomic E-state index is 0.397. The summed E-state index contributed by atoms with van der Waals surface area (Å²) in [5.41, 5.74) is 10.7. The van der Waals surface area contributed by atoms with Crippen LogP contribution in [0.3, 0.4) is 0 Å². The molecule has 3 heterocycles. The molecule has 0 saturated heterocycles. The maximum Gasteiger partial charge on any atom is 0.129 e. The summed E-state index contributed by atoms with van der Waals surface area (Å²) in [6.45, 7) is 1.43.